The molecule has 0 radical (unpaired) electrons. The molecule has 0 atom stereocenters. The van der Waals surface area contributed by atoms with Crippen LogP contribution in [0.1, 0.15) is 23.3 Å². The molecule has 1 nitrogen and oxygen atoms in total. The van der Waals surface area contributed by atoms with Crippen molar-refractivity contribution in [2.24, 2.45) is 0 Å². The number of anilines is 1. The summed E-state index contributed by atoms with van der Waals surface area (Å²) in [6.45, 7) is 0. The number of unbranched alkanes of at least 4 members (excludes halogenated alkanes) is 1. The Labute approximate surface area is 101 Å². The Hall–Kier alpha value is -1.28. The standard InChI is InChI=1S/C14H17NS/c15-14-11-10-13(16-14)9-5-4-8-12-6-2-1-3-7-12/h1-3,6-7,10-11H,4-5,8-9,15H2. The van der Waals surface area contributed by atoms with E-state index < -0.39 is 0 Å². The van der Waals surface area contributed by atoms with Crippen LogP contribution in [-0.2, 0) is 12.8 Å². The molecular weight excluding hydrogens is 214 g/mol. The Kier molecular flexibility index (Phi) is 4.00. The Morgan fingerprint density at radius 2 is 1.62 bits per heavy atom. The van der Waals surface area contributed by atoms with Gasteiger partial charge < -0.3 is 5.73 Å². The van der Waals surface area contributed by atoms with Crippen LogP contribution in [0.5, 0.6) is 0 Å². The first kappa shape index (κ1) is 11.2. The van der Waals surface area contributed by atoms with Crippen LogP contribution in [-0.4, -0.2) is 0 Å². The summed E-state index contributed by atoms with van der Waals surface area (Å²) in [5, 5.41) is 0.929. The monoisotopic (exact) mass is 231 g/mol. The Morgan fingerprint density at radius 1 is 0.875 bits per heavy atom. The fourth-order valence-electron chi connectivity index (χ4n) is 1.80. The minimum absolute atomic E-state index is 0.929. The van der Waals surface area contributed by atoms with Gasteiger partial charge in [-0.05, 0) is 43.4 Å². The van der Waals surface area contributed by atoms with Crippen LogP contribution in [0.2, 0.25) is 0 Å². The highest BCUT2D eigenvalue weighted by Gasteiger charge is 1.97. The molecule has 0 aliphatic heterocycles. The van der Waals surface area contributed by atoms with Gasteiger partial charge in [0.05, 0.1) is 5.00 Å². The zero-order chi connectivity index (χ0) is 11.2. The van der Waals surface area contributed by atoms with Gasteiger partial charge in [0.2, 0.25) is 0 Å². The van der Waals surface area contributed by atoms with Crippen LogP contribution in [0.25, 0.3) is 0 Å². The van der Waals surface area contributed by atoms with Gasteiger partial charge in [-0.25, -0.2) is 0 Å². The number of benzene rings is 1. The molecular formula is C14H17NS. The van der Waals surface area contributed by atoms with E-state index in [1.165, 1.54) is 29.7 Å². The van der Waals surface area contributed by atoms with Crippen molar-refractivity contribution in [2.75, 3.05) is 5.73 Å². The molecule has 2 heteroatoms. The minimum atomic E-state index is 0.929. The lowest BCUT2D eigenvalue weighted by Crippen LogP contribution is -1.87. The lowest BCUT2D eigenvalue weighted by atomic mass is 10.1. The van der Waals surface area contributed by atoms with Crippen molar-refractivity contribution in [1.82, 2.24) is 0 Å². The molecule has 0 fully saturated rings. The maximum absolute atomic E-state index is 5.69. The topological polar surface area (TPSA) is 26.0 Å². The van der Waals surface area contributed by atoms with E-state index in [0.717, 1.165) is 11.4 Å². The smallest absolute Gasteiger partial charge is 0.0859 e. The Balaban J connectivity index is 1.69. The van der Waals surface area contributed by atoms with Gasteiger partial charge in [-0.3, -0.25) is 0 Å². The Morgan fingerprint density at radius 3 is 2.31 bits per heavy atom. The Bertz CT molecular complexity index is 419. The second kappa shape index (κ2) is 5.71. The van der Waals surface area contributed by atoms with E-state index in [0.29, 0.717) is 0 Å². The van der Waals surface area contributed by atoms with Crippen LogP contribution in [0.3, 0.4) is 0 Å². The first-order valence-corrected chi connectivity index (χ1v) is 6.54. The number of nitrogens with two attached hydrogens (primary N) is 1. The average Bonchev–Trinajstić information content (AvgIpc) is 2.72. The average molecular weight is 231 g/mol. The molecule has 1 aromatic carbocycles. The van der Waals surface area contributed by atoms with Gasteiger partial charge in [0, 0.05) is 4.88 Å². The van der Waals surface area contributed by atoms with E-state index >= 15 is 0 Å². The highest BCUT2D eigenvalue weighted by Crippen LogP contribution is 2.20. The van der Waals surface area contributed by atoms with Crippen LogP contribution >= 0.6 is 11.3 Å². The van der Waals surface area contributed by atoms with Gasteiger partial charge in [0.1, 0.15) is 0 Å². The predicted molar refractivity (Wildman–Crippen MR) is 71.8 cm³/mol. The van der Waals surface area contributed by atoms with E-state index in [1.54, 1.807) is 11.3 Å². The molecule has 16 heavy (non-hydrogen) atoms. The lowest BCUT2D eigenvalue weighted by molar-refractivity contribution is 0.740. The third kappa shape index (κ3) is 3.38. The number of nitrogen functional groups attached to an aromatic ring is 1. The fourth-order valence-corrected chi connectivity index (χ4v) is 2.62. The second-order valence-electron chi connectivity index (χ2n) is 4.00. The quantitative estimate of drug-likeness (QED) is 0.776. The summed E-state index contributed by atoms with van der Waals surface area (Å²) < 4.78 is 0. The summed E-state index contributed by atoms with van der Waals surface area (Å²) in [5.74, 6) is 0. The van der Waals surface area contributed by atoms with Crippen molar-refractivity contribution in [3.63, 3.8) is 0 Å². The molecule has 0 saturated heterocycles. The van der Waals surface area contributed by atoms with Crippen molar-refractivity contribution < 1.29 is 0 Å². The molecule has 2 rings (SSSR count). The van der Waals surface area contributed by atoms with Crippen molar-refractivity contribution in [3.05, 3.63) is 52.9 Å². The highest BCUT2D eigenvalue weighted by atomic mass is 32.1. The van der Waals surface area contributed by atoms with E-state index in [9.17, 15) is 0 Å². The molecule has 0 aliphatic rings. The van der Waals surface area contributed by atoms with Crippen LogP contribution in [0.15, 0.2) is 42.5 Å². The third-order valence-corrected chi connectivity index (χ3v) is 3.64. The number of hydrogen-bond acceptors (Lipinski definition) is 2. The van der Waals surface area contributed by atoms with E-state index in [4.69, 9.17) is 5.73 Å². The lowest BCUT2D eigenvalue weighted by Gasteiger charge is -2.00. The zero-order valence-electron chi connectivity index (χ0n) is 9.36. The summed E-state index contributed by atoms with van der Waals surface area (Å²) in [6, 6.07) is 14.8. The zero-order valence-corrected chi connectivity index (χ0v) is 10.2. The maximum atomic E-state index is 5.69. The van der Waals surface area contributed by atoms with E-state index in [1.807, 2.05) is 6.07 Å². The molecule has 1 aromatic heterocycles. The molecule has 0 saturated carbocycles. The normalized spacial score (nSPS) is 10.5. The molecule has 2 aromatic rings. The number of hydrogen-bond donors (Lipinski definition) is 1. The molecule has 0 aliphatic carbocycles. The predicted octanol–water partition coefficient (Wildman–Crippen LogP) is 3.90. The molecule has 2 N–H and O–H groups in total. The molecule has 84 valence electrons. The highest BCUT2D eigenvalue weighted by molar-refractivity contribution is 7.15. The SMILES string of the molecule is Nc1ccc(CCCCc2ccccc2)s1. The summed E-state index contributed by atoms with van der Waals surface area (Å²) in [7, 11) is 0. The van der Waals surface area contributed by atoms with Crippen LogP contribution in [0, 0.1) is 0 Å². The number of aryl methyl sites for hydroxylation is 2. The van der Waals surface area contributed by atoms with E-state index in [2.05, 4.69) is 36.4 Å². The summed E-state index contributed by atoms with van der Waals surface area (Å²) in [4.78, 5) is 1.41. The van der Waals surface area contributed by atoms with Gasteiger partial charge in [-0.2, -0.15) is 0 Å². The molecule has 0 amide bonds. The maximum Gasteiger partial charge on any atom is 0.0859 e. The molecule has 0 spiro atoms. The summed E-state index contributed by atoms with van der Waals surface area (Å²) in [5.41, 5.74) is 7.13. The minimum Gasteiger partial charge on any atom is -0.391 e. The van der Waals surface area contributed by atoms with Gasteiger partial charge in [-0.1, -0.05) is 30.3 Å². The van der Waals surface area contributed by atoms with Crippen molar-refractivity contribution >= 4 is 16.3 Å². The van der Waals surface area contributed by atoms with E-state index in [-0.39, 0.29) is 0 Å². The molecule has 0 unspecified atom stereocenters. The molecule has 0 bridgehead atoms. The van der Waals surface area contributed by atoms with Crippen LogP contribution in [0.4, 0.5) is 5.00 Å². The summed E-state index contributed by atoms with van der Waals surface area (Å²) in [6.07, 6.45) is 4.84. The first-order valence-electron chi connectivity index (χ1n) is 5.73. The van der Waals surface area contributed by atoms with Crippen LogP contribution < -0.4 is 5.73 Å². The summed E-state index contributed by atoms with van der Waals surface area (Å²) >= 11 is 1.71. The van der Waals surface area contributed by atoms with Crippen molar-refractivity contribution in [2.45, 2.75) is 25.7 Å². The fraction of sp³-hybridized carbons (Fsp3) is 0.286. The number of rotatable bonds is 5. The van der Waals surface area contributed by atoms with Gasteiger partial charge in [0.25, 0.3) is 0 Å². The van der Waals surface area contributed by atoms with Gasteiger partial charge in [0.15, 0.2) is 0 Å². The number of thiophene rings is 1. The van der Waals surface area contributed by atoms with Gasteiger partial charge >= 0.3 is 0 Å². The third-order valence-electron chi connectivity index (χ3n) is 2.66. The van der Waals surface area contributed by atoms with Crippen molar-refractivity contribution in [3.8, 4) is 0 Å². The first-order chi connectivity index (χ1) is 7.84. The second-order valence-corrected chi connectivity index (χ2v) is 5.20. The largest absolute Gasteiger partial charge is 0.391 e. The van der Waals surface area contributed by atoms with Crippen molar-refractivity contribution in [1.29, 1.82) is 0 Å². The van der Waals surface area contributed by atoms with Gasteiger partial charge in [-0.15, -0.1) is 11.3 Å². The molecule has 1 heterocycles.